The van der Waals surface area contributed by atoms with Gasteiger partial charge in [-0.1, -0.05) is 84.6 Å². The van der Waals surface area contributed by atoms with E-state index in [-0.39, 0.29) is 0 Å². The molecule has 0 spiro atoms. The molecule has 0 fully saturated rings. The Morgan fingerprint density at radius 1 is 0.516 bits per heavy atom. The highest BCUT2D eigenvalue weighted by atomic mass is 28.3. The number of anilines is 2. The van der Waals surface area contributed by atoms with E-state index in [4.69, 9.17) is 12.8 Å². The molecule has 0 unspecified atom stereocenters. The van der Waals surface area contributed by atoms with Crippen molar-refractivity contribution in [1.29, 1.82) is 0 Å². The van der Waals surface area contributed by atoms with Gasteiger partial charge in [0.25, 0.3) is 0 Å². The van der Waals surface area contributed by atoms with Gasteiger partial charge in [0.2, 0.25) is 0 Å². The Morgan fingerprint density at radius 2 is 0.935 bits per heavy atom. The van der Waals surface area contributed by atoms with Gasteiger partial charge in [-0.05, 0) is 46.8 Å². The highest BCUT2D eigenvalue weighted by Crippen LogP contribution is 2.19. The monoisotopic (exact) mass is 414 g/mol. The summed E-state index contributed by atoms with van der Waals surface area (Å²) in [4.78, 5) is 7.73. The van der Waals surface area contributed by atoms with E-state index < -0.39 is 8.40 Å². The van der Waals surface area contributed by atoms with Crippen LogP contribution in [-0.4, -0.2) is 8.40 Å². The molecular formula is C28H22N2Si. The second kappa shape index (κ2) is 9.09. The average molecular weight is 415 g/mol. The van der Waals surface area contributed by atoms with Crippen LogP contribution in [0.1, 0.15) is 11.1 Å². The third-order valence-corrected chi connectivity index (χ3v) is 8.86. The van der Waals surface area contributed by atoms with Crippen LogP contribution in [0.25, 0.3) is 0 Å². The van der Waals surface area contributed by atoms with Crippen molar-refractivity contribution < 1.29 is 0 Å². The fourth-order valence-electron chi connectivity index (χ4n) is 3.67. The number of rotatable bonds is 6. The molecule has 0 aliphatic carbocycles. The molecule has 0 bridgehead atoms. The Balaban J connectivity index is 1.92. The lowest BCUT2D eigenvalue weighted by molar-refractivity contribution is 1.53. The van der Waals surface area contributed by atoms with Gasteiger partial charge in [0, 0.05) is 22.5 Å². The zero-order valence-electron chi connectivity index (χ0n) is 17.0. The van der Waals surface area contributed by atoms with Crippen LogP contribution >= 0.6 is 0 Å². The van der Waals surface area contributed by atoms with Gasteiger partial charge in [-0.25, -0.2) is 0 Å². The highest BCUT2D eigenvalue weighted by Gasteiger charge is 2.39. The molecular weight excluding hydrogens is 392 g/mol. The molecule has 2 nitrogen and oxygen atoms in total. The van der Waals surface area contributed by atoms with Crippen molar-refractivity contribution in [3.63, 3.8) is 0 Å². The maximum atomic E-state index is 5.66. The summed E-state index contributed by atoms with van der Waals surface area (Å²) in [7, 11) is -2.74. The van der Waals surface area contributed by atoms with E-state index in [1.54, 1.807) is 0 Å². The van der Waals surface area contributed by atoms with Crippen molar-refractivity contribution in [2.45, 2.75) is 0 Å². The Bertz CT molecular complexity index is 1150. The standard InChI is InChI=1S/C28H22N2Si/c1-3-23-13-11-15-25(21-23)29-31(27-17-7-5-8-18-27,28-19-9-6-10-20-28)30-26-16-12-14-24(4-2)22-26/h1-2,5-22,29-30H. The molecule has 0 atom stereocenters. The van der Waals surface area contributed by atoms with Crippen molar-refractivity contribution >= 4 is 30.1 Å². The van der Waals surface area contributed by atoms with Crippen LogP contribution in [0.4, 0.5) is 11.4 Å². The van der Waals surface area contributed by atoms with Crippen LogP contribution in [0.15, 0.2) is 109 Å². The summed E-state index contributed by atoms with van der Waals surface area (Å²) in [6.45, 7) is 0. The fourth-order valence-corrected chi connectivity index (χ4v) is 7.20. The second-order valence-corrected chi connectivity index (χ2v) is 10.3. The van der Waals surface area contributed by atoms with Crippen molar-refractivity contribution in [1.82, 2.24) is 0 Å². The Morgan fingerprint density at radius 3 is 1.32 bits per heavy atom. The van der Waals surface area contributed by atoms with Gasteiger partial charge >= 0.3 is 8.40 Å². The zero-order valence-corrected chi connectivity index (χ0v) is 18.0. The molecule has 0 aliphatic rings. The molecule has 2 N–H and O–H groups in total. The number of benzene rings is 4. The van der Waals surface area contributed by atoms with Gasteiger partial charge in [0.1, 0.15) is 0 Å². The second-order valence-electron chi connectivity index (χ2n) is 7.18. The van der Waals surface area contributed by atoms with E-state index in [0.717, 1.165) is 22.5 Å². The van der Waals surface area contributed by atoms with Gasteiger partial charge in [0.15, 0.2) is 0 Å². The molecule has 0 heterocycles. The molecule has 4 rings (SSSR count). The molecule has 0 radical (unpaired) electrons. The van der Waals surface area contributed by atoms with E-state index >= 15 is 0 Å². The van der Waals surface area contributed by atoms with Gasteiger partial charge in [-0.3, -0.25) is 0 Å². The molecule has 0 saturated carbocycles. The van der Waals surface area contributed by atoms with Gasteiger partial charge in [-0.15, -0.1) is 12.8 Å². The summed E-state index contributed by atoms with van der Waals surface area (Å²) in [6, 6.07) is 36.9. The van der Waals surface area contributed by atoms with Crippen molar-refractivity contribution in [3.8, 4) is 24.7 Å². The van der Waals surface area contributed by atoms with Crippen molar-refractivity contribution in [3.05, 3.63) is 120 Å². The van der Waals surface area contributed by atoms with E-state index in [2.05, 4.69) is 70.3 Å². The van der Waals surface area contributed by atoms with Crippen LogP contribution in [0.5, 0.6) is 0 Å². The van der Waals surface area contributed by atoms with Gasteiger partial charge in [0.05, 0.1) is 0 Å². The number of hydrogen-bond acceptors (Lipinski definition) is 2. The van der Waals surface area contributed by atoms with E-state index in [0.29, 0.717) is 0 Å². The van der Waals surface area contributed by atoms with E-state index in [9.17, 15) is 0 Å². The number of nitrogens with one attached hydrogen (secondary N) is 2. The van der Waals surface area contributed by atoms with Crippen LogP contribution in [-0.2, 0) is 0 Å². The maximum Gasteiger partial charge on any atom is 0.326 e. The molecule has 31 heavy (non-hydrogen) atoms. The largest absolute Gasteiger partial charge is 0.387 e. The lowest BCUT2D eigenvalue weighted by Crippen LogP contribution is -2.70. The molecule has 0 aliphatic heterocycles. The lowest BCUT2D eigenvalue weighted by Gasteiger charge is -2.35. The van der Waals surface area contributed by atoms with Crippen LogP contribution < -0.4 is 20.3 Å². The molecule has 148 valence electrons. The highest BCUT2D eigenvalue weighted by molar-refractivity contribution is 7.06. The predicted molar refractivity (Wildman–Crippen MR) is 134 cm³/mol. The predicted octanol–water partition coefficient (Wildman–Crippen LogP) is 4.43. The first kappa shape index (κ1) is 20.1. The summed E-state index contributed by atoms with van der Waals surface area (Å²) >= 11 is 0. The number of terminal acetylenes is 2. The topological polar surface area (TPSA) is 24.1 Å². The normalized spacial score (nSPS) is 10.5. The van der Waals surface area contributed by atoms with Gasteiger partial charge in [-0.2, -0.15) is 0 Å². The average Bonchev–Trinajstić information content (AvgIpc) is 2.85. The minimum atomic E-state index is -2.74. The maximum absolute atomic E-state index is 5.66. The van der Waals surface area contributed by atoms with E-state index in [1.807, 2.05) is 60.7 Å². The molecule has 4 aromatic carbocycles. The Labute approximate surface area is 185 Å². The molecule has 3 heteroatoms. The number of hydrogen-bond donors (Lipinski definition) is 2. The molecule has 0 amide bonds. The summed E-state index contributed by atoms with van der Waals surface area (Å²) < 4.78 is 0. The van der Waals surface area contributed by atoms with Crippen LogP contribution in [0, 0.1) is 24.7 Å². The molecule has 0 saturated heterocycles. The molecule has 4 aromatic rings. The lowest BCUT2D eigenvalue weighted by atomic mass is 10.2. The van der Waals surface area contributed by atoms with Crippen molar-refractivity contribution in [2.75, 3.05) is 9.96 Å². The third kappa shape index (κ3) is 4.38. The van der Waals surface area contributed by atoms with Crippen LogP contribution in [0.3, 0.4) is 0 Å². The summed E-state index contributed by atoms with van der Waals surface area (Å²) in [5, 5.41) is 2.39. The first-order valence-corrected chi connectivity index (χ1v) is 12.0. The zero-order chi connectivity index (χ0) is 21.5. The fraction of sp³-hybridized carbons (Fsp3) is 0. The Kier molecular flexibility index (Phi) is 5.90. The van der Waals surface area contributed by atoms with E-state index in [1.165, 1.54) is 10.4 Å². The first-order valence-electron chi connectivity index (χ1n) is 10.0. The first-order chi connectivity index (χ1) is 15.2. The minimum Gasteiger partial charge on any atom is -0.387 e. The summed E-state index contributed by atoms with van der Waals surface area (Å²) in [5.74, 6) is 5.46. The minimum absolute atomic E-state index is 0.836. The summed E-state index contributed by atoms with van der Waals surface area (Å²) in [6.07, 6.45) is 11.3. The quantitative estimate of drug-likeness (QED) is 0.360. The SMILES string of the molecule is C#Cc1cccc(N[Si](Nc2cccc(C#C)c2)(c2ccccc2)c2ccccc2)c1. The van der Waals surface area contributed by atoms with Gasteiger partial charge < -0.3 is 9.96 Å². The Hall–Kier alpha value is -4.18. The van der Waals surface area contributed by atoms with Crippen LogP contribution in [0.2, 0.25) is 0 Å². The third-order valence-electron chi connectivity index (χ3n) is 5.14. The molecule has 0 aromatic heterocycles. The van der Waals surface area contributed by atoms with Crippen molar-refractivity contribution in [2.24, 2.45) is 0 Å². The smallest absolute Gasteiger partial charge is 0.326 e. The summed E-state index contributed by atoms with van der Waals surface area (Å²) in [5.41, 5.74) is 3.61.